The predicted octanol–water partition coefficient (Wildman–Crippen LogP) is 5.12. The summed E-state index contributed by atoms with van der Waals surface area (Å²) in [6.07, 6.45) is 0.981. The molecule has 1 N–H and O–H groups in total. The minimum atomic E-state index is -0.932. The van der Waals surface area contributed by atoms with E-state index in [1.165, 1.54) is 49.7 Å². The van der Waals surface area contributed by atoms with Crippen LogP contribution in [0.4, 0.5) is 22.7 Å². The summed E-state index contributed by atoms with van der Waals surface area (Å²) in [5.41, 5.74) is 2.34. The Bertz CT molecular complexity index is 1610. The largest absolute Gasteiger partial charge is 0.496 e. The lowest BCUT2D eigenvalue weighted by Gasteiger charge is -2.11. The topological polar surface area (TPSA) is 170 Å². The molecule has 1 heterocycles. The van der Waals surface area contributed by atoms with Crippen LogP contribution in [0.5, 0.6) is 5.75 Å². The maximum atomic E-state index is 13.4. The van der Waals surface area contributed by atoms with Crippen LogP contribution in [0.25, 0.3) is 0 Å². The minimum absolute atomic E-state index is 0.0407. The first kappa shape index (κ1) is 28.9. The van der Waals surface area contributed by atoms with E-state index in [0.29, 0.717) is 11.3 Å². The number of nitro groups is 2. The number of amidine groups is 1. The number of nitrogens with zero attached hydrogens (tertiary/aromatic N) is 5. The van der Waals surface area contributed by atoms with Gasteiger partial charge in [0, 0.05) is 24.1 Å². The highest BCUT2D eigenvalue weighted by Crippen LogP contribution is 2.34. The average Bonchev–Trinajstić information content (AvgIpc) is 3.23. The van der Waals surface area contributed by atoms with Crippen LogP contribution in [0, 0.1) is 34.1 Å². The highest BCUT2D eigenvalue weighted by atomic mass is 32.2. The first-order chi connectivity index (χ1) is 19.6. The Hall–Kier alpha value is -5.11. The van der Waals surface area contributed by atoms with Gasteiger partial charge < -0.3 is 10.1 Å². The Labute approximate surface area is 238 Å². The van der Waals surface area contributed by atoms with E-state index in [2.05, 4.69) is 15.4 Å². The normalized spacial score (nSPS) is 15.9. The zero-order chi connectivity index (χ0) is 29.7. The van der Waals surface area contributed by atoms with Gasteiger partial charge in [-0.05, 0) is 43.2 Å². The number of rotatable bonds is 9. The second kappa shape index (κ2) is 12.4. The molecule has 0 aromatic heterocycles. The molecule has 0 bridgehead atoms. The number of amides is 2. The van der Waals surface area contributed by atoms with Crippen molar-refractivity contribution in [2.75, 3.05) is 12.4 Å². The average molecular weight is 577 g/mol. The maximum Gasteiger partial charge on any atom is 0.296 e. The van der Waals surface area contributed by atoms with E-state index in [1.807, 2.05) is 26.0 Å². The molecule has 41 heavy (non-hydrogen) atoms. The second-order valence-electron chi connectivity index (χ2n) is 8.86. The number of thioether (sulfide) groups is 1. The van der Waals surface area contributed by atoms with Crippen molar-refractivity contribution in [2.24, 2.45) is 10.1 Å². The molecule has 0 radical (unpaired) electrons. The Kier molecular flexibility index (Phi) is 8.72. The molecule has 1 aliphatic rings. The summed E-state index contributed by atoms with van der Waals surface area (Å²) >= 11 is 1.02. The third-order valence-electron chi connectivity index (χ3n) is 6.15. The fourth-order valence-electron chi connectivity index (χ4n) is 3.83. The number of ether oxygens (including phenoxy) is 1. The lowest BCUT2D eigenvalue weighted by Crippen LogP contribution is -2.29. The van der Waals surface area contributed by atoms with Gasteiger partial charge in [0.25, 0.3) is 17.3 Å². The van der Waals surface area contributed by atoms with Crippen LogP contribution in [0.15, 0.2) is 70.8 Å². The molecule has 1 aliphatic heterocycles. The van der Waals surface area contributed by atoms with E-state index in [4.69, 9.17) is 4.74 Å². The van der Waals surface area contributed by atoms with Crippen molar-refractivity contribution < 1.29 is 24.2 Å². The molecule has 0 saturated carbocycles. The number of benzene rings is 3. The summed E-state index contributed by atoms with van der Waals surface area (Å²) in [7, 11) is 1.37. The number of anilines is 1. The molecule has 1 unspecified atom stereocenters. The molecule has 3 aromatic rings. The molecule has 2 amide bonds. The van der Waals surface area contributed by atoms with Crippen molar-refractivity contribution in [3.8, 4) is 5.75 Å². The standard InChI is InChI=1S/C27H24N6O7S/c1-16-6-4-9-21(17(16)2)30-27-31(28-15-18-7-5-8-19(12-18)32(36)37)26(35)24(41-27)14-25(34)29-22-11-10-20(40-3)13-23(22)33(38)39/h4-13,15,24H,14H2,1-3H3,(H,29,34)/b28-15+,30-27?. The van der Waals surface area contributed by atoms with Crippen molar-refractivity contribution in [3.05, 3.63) is 97.6 Å². The molecule has 1 atom stereocenters. The zero-order valence-corrected chi connectivity index (χ0v) is 23.0. The third kappa shape index (κ3) is 6.73. The summed E-state index contributed by atoms with van der Waals surface area (Å²) in [6.45, 7) is 3.81. The quantitative estimate of drug-likeness (QED) is 0.208. The number of hydrogen-bond donors (Lipinski definition) is 1. The summed E-state index contributed by atoms with van der Waals surface area (Å²) in [5.74, 6) is -0.916. The van der Waals surface area contributed by atoms with Crippen molar-refractivity contribution in [1.82, 2.24) is 5.01 Å². The number of carbonyl (C=O) groups excluding carboxylic acids is 2. The van der Waals surface area contributed by atoms with Crippen LogP contribution >= 0.6 is 11.8 Å². The maximum absolute atomic E-state index is 13.4. The molecular weight excluding hydrogens is 552 g/mol. The molecule has 13 nitrogen and oxygen atoms in total. The number of aliphatic imine (C=N–C) groups is 1. The minimum Gasteiger partial charge on any atom is -0.496 e. The van der Waals surface area contributed by atoms with E-state index in [0.717, 1.165) is 27.9 Å². The summed E-state index contributed by atoms with van der Waals surface area (Å²) in [6, 6.07) is 15.3. The van der Waals surface area contributed by atoms with Gasteiger partial charge in [0.15, 0.2) is 5.17 Å². The number of hydrogen-bond acceptors (Lipinski definition) is 10. The molecule has 14 heteroatoms. The SMILES string of the molecule is COc1ccc(NC(=O)CC2SC(=Nc3cccc(C)c3C)N(/N=C/c3cccc([N+](=O)[O-])c3)C2=O)c([N+](=O)[O-])c1. The van der Waals surface area contributed by atoms with Crippen LogP contribution in [0.2, 0.25) is 0 Å². The van der Waals surface area contributed by atoms with Gasteiger partial charge >= 0.3 is 0 Å². The fraction of sp³-hybridized carbons (Fsp3) is 0.185. The molecule has 4 rings (SSSR count). The summed E-state index contributed by atoms with van der Waals surface area (Å²) in [5, 5.41) is 29.7. The third-order valence-corrected chi connectivity index (χ3v) is 7.28. The first-order valence-electron chi connectivity index (χ1n) is 12.1. The molecular formula is C27H24N6O7S. The fourth-order valence-corrected chi connectivity index (χ4v) is 4.91. The number of nitro benzene ring substituents is 2. The number of methoxy groups -OCH3 is 1. The Morgan fingerprint density at radius 2 is 1.85 bits per heavy atom. The molecule has 0 spiro atoms. The monoisotopic (exact) mass is 576 g/mol. The Morgan fingerprint density at radius 1 is 1.10 bits per heavy atom. The zero-order valence-electron chi connectivity index (χ0n) is 22.1. The van der Waals surface area contributed by atoms with Gasteiger partial charge in [0.1, 0.15) is 16.7 Å². The van der Waals surface area contributed by atoms with Crippen molar-refractivity contribution in [2.45, 2.75) is 25.5 Å². The van der Waals surface area contributed by atoms with Gasteiger partial charge in [-0.1, -0.05) is 36.0 Å². The lowest BCUT2D eigenvalue weighted by molar-refractivity contribution is -0.384. The van der Waals surface area contributed by atoms with Crippen LogP contribution in [0.1, 0.15) is 23.1 Å². The second-order valence-corrected chi connectivity index (χ2v) is 10.0. The lowest BCUT2D eigenvalue weighted by atomic mass is 10.1. The predicted molar refractivity (Wildman–Crippen MR) is 155 cm³/mol. The number of carbonyl (C=O) groups is 2. The number of hydrazone groups is 1. The van der Waals surface area contributed by atoms with Gasteiger partial charge in [0.05, 0.1) is 34.9 Å². The van der Waals surface area contributed by atoms with Crippen molar-refractivity contribution in [1.29, 1.82) is 0 Å². The van der Waals surface area contributed by atoms with Crippen molar-refractivity contribution in [3.63, 3.8) is 0 Å². The van der Waals surface area contributed by atoms with Crippen LogP contribution in [0.3, 0.4) is 0 Å². The summed E-state index contributed by atoms with van der Waals surface area (Å²) < 4.78 is 5.02. The van der Waals surface area contributed by atoms with Crippen molar-refractivity contribution >= 4 is 57.7 Å². The smallest absolute Gasteiger partial charge is 0.296 e. The Balaban J connectivity index is 1.61. The van der Waals surface area contributed by atoms with Gasteiger partial charge in [-0.3, -0.25) is 29.8 Å². The van der Waals surface area contributed by atoms with Gasteiger partial charge in [0.2, 0.25) is 5.91 Å². The van der Waals surface area contributed by atoms with Crippen LogP contribution in [-0.2, 0) is 9.59 Å². The van der Waals surface area contributed by atoms with Crippen LogP contribution in [-0.4, -0.2) is 50.4 Å². The number of aryl methyl sites for hydroxylation is 1. The van der Waals surface area contributed by atoms with E-state index in [-0.39, 0.29) is 34.4 Å². The number of non-ortho nitro benzene ring substituents is 1. The molecule has 3 aromatic carbocycles. The van der Waals surface area contributed by atoms with Gasteiger partial charge in [-0.15, -0.1) is 0 Å². The first-order valence-corrected chi connectivity index (χ1v) is 13.0. The molecule has 1 fully saturated rings. The van der Waals surface area contributed by atoms with Gasteiger partial charge in [-0.25, -0.2) is 4.99 Å². The Morgan fingerprint density at radius 3 is 2.56 bits per heavy atom. The van der Waals surface area contributed by atoms with Gasteiger partial charge in [-0.2, -0.15) is 10.1 Å². The van der Waals surface area contributed by atoms with Crippen LogP contribution < -0.4 is 10.1 Å². The molecule has 0 aliphatic carbocycles. The molecule has 210 valence electrons. The van der Waals surface area contributed by atoms with E-state index in [1.54, 1.807) is 12.1 Å². The van der Waals surface area contributed by atoms with E-state index < -0.39 is 26.9 Å². The molecule has 1 saturated heterocycles. The summed E-state index contributed by atoms with van der Waals surface area (Å²) in [4.78, 5) is 52.4. The van der Waals surface area contributed by atoms with E-state index in [9.17, 15) is 29.8 Å². The highest BCUT2D eigenvalue weighted by molar-refractivity contribution is 8.15. The number of nitrogens with one attached hydrogen (secondary N) is 1. The van der Waals surface area contributed by atoms with E-state index >= 15 is 0 Å². The highest BCUT2D eigenvalue weighted by Gasteiger charge is 2.40.